The molecule has 0 saturated heterocycles. The standard InChI is InChI=1S/C20H22BN2O/c1-13-10-19(22(4)11-14(13)2)21-15(3)20-16-8-6-7-9-17(16)24-18(20)12-23(21)5/h6-12H,1-5H3/q+1/i2D3. The predicted molar refractivity (Wildman–Crippen MR) is 99.3 cm³/mol. The van der Waals surface area contributed by atoms with Crippen LogP contribution in [0, 0.1) is 13.8 Å². The molecule has 120 valence electrons. The van der Waals surface area contributed by atoms with Crippen LogP contribution in [0.15, 0.2) is 40.9 Å². The topological polar surface area (TPSA) is 20.3 Å². The summed E-state index contributed by atoms with van der Waals surface area (Å²) in [5.41, 5.74) is 5.16. The van der Waals surface area contributed by atoms with Crippen molar-refractivity contribution in [1.29, 1.82) is 0 Å². The van der Waals surface area contributed by atoms with E-state index in [-0.39, 0.29) is 6.85 Å². The van der Waals surface area contributed by atoms with Gasteiger partial charge in [-0.05, 0) is 39.4 Å². The van der Waals surface area contributed by atoms with Gasteiger partial charge >= 0.3 is 6.85 Å². The predicted octanol–water partition coefficient (Wildman–Crippen LogP) is 1.17. The van der Waals surface area contributed by atoms with E-state index in [1.807, 2.05) is 56.1 Å². The van der Waals surface area contributed by atoms with E-state index in [2.05, 4.69) is 17.8 Å². The Morgan fingerprint density at radius 3 is 2.79 bits per heavy atom. The molecule has 2 aromatic heterocycles. The molecule has 1 aliphatic heterocycles. The molecule has 24 heavy (non-hydrogen) atoms. The lowest BCUT2D eigenvalue weighted by molar-refractivity contribution is -0.654. The van der Waals surface area contributed by atoms with Crippen LogP contribution >= 0.6 is 0 Å². The fraction of sp³-hybridized carbons (Fsp3) is 0.250. The van der Waals surface area contributed by atoms with Crippen molar-refractivity contribution in [3.63, 3.8) is 0 Å². The smallest absolute Gasteiger partial charge is 0.399 e. The van der Waals surface area contributed by atoms with Crippen LogP contribution < -0.4 is 20.8 Å². The van der Waals surface area contributed by atoms with Gasteiger partial charge in [0.05, 0.1) is 0 Å². The molecule has 0 N–H and O–H groups in total. The lowest BCUT2D eigenvalue weighted by atomic mass is 9.50. The number of nitrogens with zero attached hydrogens (tertiary/aromatic N) is 2. The molecule has 1 aliphatic rings. The molecular formula is C20H22BN2O+. The van der Waals surface area contributed by atoms with Gasteiger partial charge in [-0.25, -0.2) is 4.57 Å². The number of furan rings is 1. The Morgan fingerprint density at radius 1 is 1.21 bits per heavy atom. The molecule has 0 atom stereocenters. The molecule has 0 aliphatic carbocycles. The molecule has 3 aromatic rings. The van der Waals surface area contributed by atoms with Crippen molar-refractivity contribution in [2.24, 2.45) is 7.05 Å². The summed E-state index contributed by atoms with van der Waals surface area (Å²) in [5, 5.41) is 2.24. The third-order valence-electron chi connectivity index (χ3n) is 4.95. The zero-order valence-electron chi connectivity index (χ0n) is 17.4. The molecule has 4 rings (SSSR count). The van der Waals surface area contributed by atoms with Gasteiger partial charge < -0.3 is 9.23 Å². The maximum absolute atomic E-state index is 7.76. The molecule has 0 fully saturated rings. The van der Waals surface area contributed by atoms with E-state index < -0.39 is 6.85 Å². The Bertz CT molecular complexity index is 1180. The molecule has 0 radical (unpaired) electrons. The van der Waals surface area contributed by atoms with Crippen molar-refractivity contribution in [3.8, 4) is 0 Å². The van der Waals surface area contributed by atoms with Gasteiger partial charge in [-0.1, -0.05) is 23.7 Å². The van der Waals surface area contributed by atoms with Gasteiger partial charge in [0.15, 0.2) is 11.8 Å². The van der Waals surface area contributed by atoms with E-state index in [4.69, 9.17) is 8.53 Å². The Kier molecular flexibility index (Phi) is 2.62. The fourth-order valence-corrected chi connectivity index (χ4v) is 3.74. The minimum Gasteiger partial charge on any atom is -0.455 e. The minimum atomic E-state index is -2.11. The molecule has 0 spiro atoms. The van der Waals surface area contributed by atoms with Crippen molar-refractivity contribution in [3.05, 3.63) is 58.3 Å². The van der Waals surface area contributed by atoms with Gasteiger partial charge in [0.1, 0.15) is 18.0 Å². The summed E-state index contributed by atoms with van der Waals surface area (Å²) >= 11 is 0. The van der Waals surface area contributed by atoms with E-state index in [1.165, 1.54) is 5.47 Å². The molecular weight excluding hydrogens is 295 g/mol. The highest BCUT2D eigenvalue weighted by Crippen LogP contribution is 2.14. The summed E-state index contributed by atoms with van der Waals surface area (Å²) < 4.78 is 31.2. The van der Waals surface area contributed by atoms with Gasteiger partial charge in [0.2, 0.25) is 0 Å². The molecule has 1 aromatic carbocycles. The molecule has 4 heteroatoms. The highest BCUT2D eigenvalue weighted by atomic mass is 16.3. The van der Waals surface area contributed by atoms with E-state index in [1.54, 1.807) is 6.20 Å². The number of aromatic nitrogens is 1. The van der Waals surface area contributed by atoms with Crippen molar-refractivity contribution in [2.45, 2.75) is 20.7 Å². The largest absolute Gasteiger partial charge is 0.455 e. The highest BCUT2D eigenvalue weighted by molar-refractivity contribution is 6.85. The number of para-hydroxylation sites is 1. The Hall–Kier alpha value is -2.49. The van der Waals surface area contributed by atoms with Crippen LogP contribution in [0.4, 0.5) is 0 Å². The number of hydrogen-bond acceptors (Lipinski definition) is 2. The molecule has 0 amide bonds. The summed E-state index contributed by atoms with van der Waals surface area (Å²) in [6.07, 6.45) is 3.77. The summed E-state index contributed by atoms with van der Waals surface area (Å²) in [6, 6.07) is 10.1. The minimum absolute atomic E-state index is 0.00728. The van der Waals surface area contributed by atoms with Crippen molar-refractivity contribution >= 4 is 35.1 Å². The van der Waals surface area contributed by atoms with Gasteiger partial charge in [0.25, 0.3) is 0 Å². The van der Waals surface area contributed by atoms with Crippen LogP contribution in [0.25, 0.3) is 22.6 Å². The maximum atomic E-state index is 7.76. The average molecular weight is 320 g/mol. The summed E-state index contributed by atoms with van der Waals surface area (Å²) in [7, 11) is 3.94. The SMILES string of the molecule is [2H]C([2H])([2H])c1c[n+](C)c(B2C(C)=c3c(oc4ccccc34)=CN2C)cc1C. The molecule has 0 unspecified atom stereocenters. The quantitative estimate of drug-likeness (QED) is 0.495. The first-order valence-electron chi connectivity index (χ1n) is 9.61. The lowest BCUT2D eigenvalue weighted by Crippen LogP contribution is -2.62. The summed E-state index contributed by atoms with van der Waals surface area (Å²) in [4.78, 5) is 2.13. The van der Waals surface area contributed by atoms with Gasteiger partial charge in [-0.2, -0.15) is 0 Å². The molecule has 3 nitrogen and oxygen atoms in total. The maximum Gasteiger partial charge on any atom is 0.399 e. The van der Waals surface area contributed by atoms with Crippen LogP contribution in [-0.4, -0.2) is 18.7 Å². The Morgan fingerprint density at radius 2 is 2.00 bits per heavy atom. The molecule has 0 saturated carbocycles. The van der Waals surface area contributed by atoms with Gasteiger partial charge in [0, 0.05) is 32.5 Å². The second-order valence-corrected chi connectivity index (χ2v) is 6.62. The van der Waals surface area contributed by atoms with Crippen LogP contribution in [0.3, 0.4) is 0 Å². The number of fused-ring (bicyclic) bond motifs is 3. The van der Waals surface area contributed by atoms with Crippen molar-refractivity contribution < 1.29 is 13.1 Å². The zero-order chi connectivity index (χ0) is 19.5. The van der Waals surface area contributed by atoms with Crippen molar-refractivity contribution in [2.75, 3.05) is 7.05 Å². The number of benzene rings is 1. The van der Waals surface area contributed by atoms with Crippen LogP contribution in [0.1, 0.15) is 22.2 Å². The van der Waals surface area contributed by atoms with E-state index >= 15 is 0 Å². The lowest BCUT2D eigenvalue weighted by Gasteiger charge is -2.24. The first-order chi connectivity index (χ1) is 12.7. The Balaban J connectivity index is 1.97. The van der Waals surface area contributed by atoms with E-state index in [0.717, 1.165) is 32.8 Å². The van der Waals surface area contributed by atoms with Crippen LogP contribution in [0.2, 0.25) is 0 Å². The van der Waals surface area contributed by atoms with Crippen molar-refractivity contribution in [1.82, 2.24) is 4.81 Å². The first kappa shape index (κ1) is 12.0. The third-order valence-corrected chi connectivity index (χ3v) is 4.95. The molecule has 0 bridgehead atoms. The zero-order valence-corrected chi connectivity index (χ0v) is 14.4. The summed E-state index contributed by atoms with van der Waals surface area (Å²) in [6.45, 7) is 1.89. The highest BCUT2D eigenvalue weighted by Gasteiger charge is 2.35. The molecule has 3 heterocycles. The van der Waals surface area contributed by atoms with E-state index in [0.29, 0.717) is 5.56 Å². The third kappa shape index (κ3) is 2.09. The summed E-state index contributed by atoms with van der Waals surface area (Å²) in [5.74, 6) is 0. The van der Waals surface area contributed by atoms with Gasteiger partial charge in [-0.15, -0.1) is 0 Å². The fourth-order valence-electron chi connectivity index (χ4n) is 3.74. The Labute approximate surface area is 146 Å². The second kappa shape index (κ2) is 5.27. The van der Waals surface area contributed by atoms with Gasteiger partial charge in [-0.3, -0.25) is 0 Å². The van der Waals surface area contributed by atoms with Crippen LogP contribution in [-0.2, 0) is 7.05 Å². The van der Waals surface area contributed by atoms with Crippen LogP contribution in [0.5, 0.6) is 0 Å². The number of hydrogen-bond donors (Lipinski definition) is 0. The second-order valence-electron chi connectivity index (χ2n) is 6.62. The average Bonchev–Trinajstić information content (AvgIpc) is 2.94. The normalized spacial score (nSPS) is 16.5. The first-order valence-corrected chi connectivity index (χ1v) is 8.11. The number of aryl methyl sites for hydroxylation is 3. The van der Waals surface area contributed by atoms with E-state index in [9.17, 15) is 0 Å². The number of pyridine rings is 1. The monoisotopic (exact) mass is 320 g/mol. The number of rotatable bonds is 1.